The van der Waals surface area contributed by atoms with Crippen LogP contribution in [-0.4, -0.2) is 51.4 Å². The fourth-order valence-electron chi connectivity index (χ4n) is 2.05. The summed E-state index contributed by atoms with van der Waals surface area (Å²) >= 11 is 0. The van der Waals surface area contributed by atoms with Crippen molar-refractivity contribution in [2.45, 2.75) is 53.1 Å². The molecule has 0 aromatic heterocycles. The number of nitrogens with one attached hydrogen (secondary N) is 2. The molecule has 0 bridgehead atoms. The highest BCUT2D eigenvalue weighted by Crippen LogP contribution is 2.09. The summed E-state index contributed by atoms with van der Waals surface area (Å²) in [6, 6.07) is 0. The summed E-state index contributed by atoms with van der Waals surface area (Å²) in [5.41, 5.74) is 0. The van der Waals surface area contributed by atoms with E-state index in [9.17, 15) is 4.79 Å². The third-order valence-corrected chi connectivity index (χ3v) is 3.22. The fourth-order valence-corrected chi connectivity index (χ4v) is 2.05. The van der Waals surface area contributed by atoms with Gasteiger partial charge in [0.2, 0.25) is 0 Å². The van der Waals surface area contributed by atoms with Crippen molar-refractivity contribution >= 4 is 11.9 Å². The topological polar surface area (TPSA) is 72.0 Å². The Bertz CT molecular complexity index is 320. The lowest BCUT2D eigenvalue weighted by Crippen LogP contribution is -2.39. The molecule has 130 valence electrons. The number of aliphatic imine (C=N–C) groups is 1. The first-order chi connectivity index (χ1) is 10.5. The molecule has 0 aromatic rings. The number of hydrogen-bond acceptors (Lipinski definition) is 4. The smallest absolute Gasteiger partial charge is 0.305 e. The Morgan fingerprint density at radius 1 is 1.14 bits per heavy atom. The molecule has 0 fully saturated rings. The first-order valence-electron chi connectivity index (χ1n) is 8.26. The van der Waals surface area contributed by atoms with Crippen LogP contribution in [0.1, 0.15) is 47.0 Å². The second-order valence-electron chi connectivity index (χ2n) is 5.36. The highest BCUT2D eigenvalue weighted by Gasteiger charge is 2.12. The van der Waals surface area contributed by atoms with Crippen LogP contribution < -0.4 is 10.6 Å². The minimum absolute atomic E-state index is 0.149. The number of nitrogens with zero attached hydrogens (tertiary/aromatic N) is 1. The zero-order valence-corrected chi connectivity index (χ0v) is 14.8. The van der Waals surface area contributed by atoms with E-state index in [0.717, 1.165) is 32.0 Å². The summed E-state index contributed by atoms with van der Waals surface area (Å²) in [6.45, 7) is 10.8. The van der Waals surface area contributed by atoms with Gasteiger partial charge in [-0.2, -0.15) is 0 Å². The monoisotopic (exact) mass is 315 g/mol. The van der Waals surface area contributed by atoms with Crippen LogP contribution in [0.5, 0.6) is 0 Å². The van der Waals surface area contributed by atoms with Gasteiger partial charge in [-0.3, -0.25) is 9.79 Å². The van der Waals surface area contributed by atoms with E-state index in [0.29, 0.717) is 25.5 Å². The SMILES string of the molecule is CCOC(=O)CCCNC(=NC)NCCC(OCC)C(C)C. The molecule has 0 saturated carbocycles. The Labute approximate surface area is 135 Å². The number of guanidine groups is 1. The third-order valence-electron chi connectivity index (χ3n) is 3.22. The second-order valence-corrected chi connectivity index (χ2v) is 5.36. The van der Waals surface area contributed by atoms with E-state index in [1.165, 1.54) is 0 Å². The van der Waals surface area contributed by atoms with E-state index < -0.39 is 0 Å². The van der Waals surface area contributed by atoms with Crippen LogP contribution in [-0.2, 0) is 14.3 Å². The van der Waals surface area contributed by atoms with Crippen molar-refractivity contribution in [3.8, 4) is 0 Å². The van der Waals surface area contributed by atoms with Crippen LogP contribution >= 0.6 is 0 Å². The number of ether oxygens (including phenoxy) is 2. The number of carbonyl (C=O) groups excluding carboxylic acids is 1. The standard InChI is InChI=1S/C16H33N3O3/c1-6-21-14(13(3)4)10-12-19-16(17-5)18-11-8-9-15(20)22-7-2/h13-14H,6-12H2,1-5H3,(H2,17,18,19). The molecule has 0 rings (SSSR count). The zero-order valence-electron chi connectivity index (χ0n) is 14.8. The van der Waals surface area contributed by atoms with Crippen LogP contribution in [0.3, 0.4) is 0 Å². The largest absolute Gasteiger partial charge is 0.466 e. The summed E-state index contributed by atoms with van der Waals surface area (Å²) in [7, 11) is 1.74. The maximum Gasteiger partial charge on any atom is 0.305 e. The van der Waals surface area contributed by atoms with Crippen LogP contribution in [0, 0.1) is 5.92 Å². The number of esters is 1. The highest BCUT2D eigenvalue weighted by molar-refractivity contribution is 5.79. The van der Waals surface area contributed by atoms with Crippen molar-refractivity contribution < 1.29 is 14.3 Å². The highest BCUT2D eigenvalue weighted by atomic mass is 16.5. The molecule has 0 aromatic carbocycles. The molecule has 0 radical (unpaired) electrons. The average molecular weight is 315 g/mol. The van der Waals surface area contributed by atoms with E-state index in [-0.39, 0.29) is 12.1 Å². The number of rotatable bonds is 11. The quantitative estimate of drug-likeness (QED) is 0.264. The summed E-state index contributed by atoms with van der Waals surface area (Å²) in [5.74, 6) is 1.10. The van der Waals surface area contributed by atoms with E-state index in [2.05, 4.69) is 29.5 Å². The minimum Gasteiger partial charge on any atom is -0.466 e. The van der Waals surface area contributed by atoms with E-state index in [1.807, 2.05) is 13.8 Å². The lowest BCUT2D eigenvalue weighted by Gasteiger charge is -2.21. The van der Waals surface area contributed by atoms with Crippen molar-refractivity contribution in [2.24, 2.45) is 10.9 Å². The van der Waals surface area contributed by atoms with Gasteiger partial charge in [-0.15, -0.1) is 0 Å². The molecule has 0 amide bonds. The third kappa shape index (κ3) is 10.4. The molecule has 0 saturated heterocycles. The summed E-state index contributed by atoms with van der Waals surface area (Å²) in [6.07, 6.45) is 2.36. The molecule has 0 aliphatic carbocycles. The predicted molar refractivity (Wildman–Crippen MR) is 90.1 cm³/mol. The Morgan fingerprint density at radius 2 is 1.82 bits per heavy atom. The maximum atomic E-state index is 11.2. The molecule has 6 heteroatoms. The van der Waals surface area contributed by atoms with Gasteiger partial charge >= 0.3 is 5.97 Å². The Balaban J connectivity index is 3.86. The average Bonchev–Trinajstić information content (AvgIpc) is 2.48. The van der Waals surface area contributed by atoms with Gasteiger partial charge in [0.1, 0.15) is 0 Å². The molecular formula is C16H33N3O3. The first-order valence-corrected chi connectivity index (χ1v) is 8.26. The van der Waals surface area contributed by atoms with Gasteiger partial charge in [-0.05, 0) is 32.6 Å². The van der Waals surface area contributed by atoms with Gasteiger partial charge < -0.3 is 20.1 Å². The molecule has 22 heavy (non-hydrogen) atoms. The lowest BCUT2D eigenvalue weighted by molar-refractivity contribution is -0.143. The number of carbonyl (C=O) groups is 1. The van der Waals surface area contributed by atoms with E-state index >= 15 is 0 Å². The first kappa shape index (κ1) is 20.7. The molecule has 0 aliphatic rings. The van der Waals surface area contributed by atoms with Gasteiger partial charge in [0.05, 0.1) is 12.7 Å². The molecule has 1 atom stereocenters. The van der Waals surface area contributed by atoms with Gasteiger partial charge in [-0.1, -0.05) is 13.8 Å². The van der Waals surface area contributed by atoms with Crippen molar-refractivity contribution in [1.29, 1.82) is 0 Å². The molecule has 0 aliphatic heterocycles. The van der Waals surface area contributed by atoms with Crippen molar-refractivity contribution in [3.05, 3.63) is 0 Å². The Hall–Kier alpha value is -1.30. The summed E-state index contributed by atoms with van der Waals surface area (Å²) in [5, 5.41) is 6.46. The van der Waals surface area contributed by atoms with Crippen molar-refractivity contribution in [2.75, 3.05) is 33.4 Å². The Morgan fingerprint density at radius 3 is 2.36 bits per heavy atom. The lowest BCUT2D eigenvalue weighted by atomic mass is 10.0. The van der Waals surface area contributed by atoms with Gasteiger partial charge in [0.25, 0.3) is 0 Å². The van der Waals surface area contributed by atoms with Gasteiger partial charge in [-0.25, -0.2) is 0 Å². The van der Waals surface area contributed by atoms with Crippen molar-refractivity contribution in [3.63, 3.8) is 0 Å². The summed E-state index contributed by atoms with van der Waals surface area (Å²) < 4.78 is 10.6. The van der Waals surface area contributed by atoms with E-state index in [1.54, 1.807) is 7.05 Å². The minimum atomic E-state index is -0.149. The zero-order chi connectivity index (χ0) is 16.8. The molecule has 0 spiro atoms. The molecule has 0 heterocycles. The number of hydrogen-bond donors (Lipinski definition) is 2. The molecular weight excluding hydrogens is 282 g/mol. The van der Waals surface area contributed by atoms with Crippen LogP contribution in [0.25, 0.3) is 0 Å². The van der Waals surface area contributed by atoms with Gasteiger partial charge in [0.15, 0.2) is 5.96 Å². The van der Waals surface area contributed by atoms with Crippen LogP contribution in [0.15, 0.2) is 4.99 Å². The fraction of sp³-hybridized carbons (Fsp3) is 0.875. The second kappa shape index (κ2) is 13.4. The van der Waals surface area contributed by atoms with E-state index in [4.69, 9.17) is 9.47 Å². The molecule has 2 N–H and O–H groups in total. The van der Waals surface area contributed by atoms with Crippen LogP contribution in [0.2, 0.25) is 0 Å². The summed E-state index contributed by atoms with van der Waals surface area (Å²) in [4.78, 5) is 15.4. The van der Waals surface area contributed by atoms with Crippen molar-refractivity contribution in [1.82, 2.24) is 10.6 Å². The van der Waals surface area contributed by atoms with Gasteiger partial charge in [0, 0.05) is 33.2 Å². The Kier molecular flexibility index (Phi) is 12.6. The molecule has 6 nitrogen and oxygen atoms in total. The normalized spacial score (nSPS) is 13.1. The maximum absolute atomic E-state index is 11.2. The predicted octanol–water partition coefficient (Wildman–Crippen LogP) is 1.95. The van der Waals surface area contributed by atoms with Crippen LogP contribution in [0.4, 0.5) is 0 Å². The molecule has 1 unspecified atom stereocenters.